The molecule has 0 bridgehead atoms. The molecular weight excluding hydrogens is 408 g/mol. The summed E-state index contributed by atoms with van der Waals surface area (Å²) < 4.78 is 10.7. The number of likely N-dealkylation sites (tertiary alicyclic amines) is 1. The summed E-state index contributed by atoms with van der Waals surface area (Å²) in [6, 6.07) is 13.8. The molecule has 168 valence electrons. The number of morpholine rings is 1. The van der Waals surface area contributed by atoms with Crippen LogP contribution in [0.2, 0.25) is 0 Å². The van der Waals surface area contributed by atoms with Crippen molar-refractivity contribution in [2.75, 3.05) is 46.5 Å². The molecule has 0 aliphatic carbocycles. The number of carbonyl (C=O) groups excluding carboxylic acids is 2. The van der Waals surface area contributed by atoms with E-state index in [0.717, 1.165) is 24.2 Å². The predicted molar refractivity (Wildman–Crippen MR) is 120 cm³/mol. The van der Waals surface area contributed by atoms with E-state index >= 15 is 0 Å². The van der Waals surface area contributed by atoms with Gasteiger partial charge in [-0.25, -0.2) is 0 Å². The first kappa shape index (κ1) is 22.0. The minimum absolute atomic E-state index is 0.117. The van der Waals surface area contributed by atoms with E-state index in [0.29, 0.717) is 37.6 Å². The fourth-order valence-electron chi connectivity index (χ4n) is 4.18. The number of carbonyl (C=O) groups is 2. The Bertz CT molecular complexity index is 1010. The first-order valence-electron chi connectivity index (χ1n) is 10.8. The van der Waals surface area contributed by atoms with Crippen LogP contribution < -0.4 is 4.74 Å². The molecule has 7 nitrogen and oxygen atoms in total. The van der Waals surface area contributed by atoms with E-state index in [1.807, 2.05) is 31.2 Å². The number of amides is 1. The second kappa shape index (κ2) is 9.54. The van der Waals surface area contributed by atoms with Crippen LogP contribution in [0.3, 0.4) is 0 Å². The zero-order chi connectivity index (χ0) is 22.7. The molecule has 2 aliphatic rings. The predicted octanol–water partition coefficient (Wildman–Crippen LogP) is 2.76. The lowest BCUT2D eigenvalue weighted by molar-refractivity contribution is -0.140. The van der Waals surface area contributed by atoms with Crippen LogP contribution in [-0.2, 0) is 14.3 Å². The molecule has 0 radical (unpaired) electrons. The summed E-state index contributed by atoms with van der Waals surface area (Å²) in [6.45, 7) is 5.87. The zero-order valence-corrected chi connectivity index (χ0v) is 18.4. The minimum Gasteiger partial charge on any atom is -0.507 e. The van der Waals surface area contributed by atoms with E-state index in [1.165, 1.54) is 0 Å². The van der Waals surface area contributed by atoms with Gasteiger partial charge in [0.25, 0.3) is 11.7 Å². The molecule has 2 fully saturated rings. The summed E-state index contributed by atoms with van der Waals surface area (Å²) in [6.07, 6.45) is 0. The highest BCUT2D eigenvalue weighted by Crippen LogP contribution is 2.39. The number of ketones is 1. The normalized spacial score (nSPS) is 21.2. The quantitative estimate of drug-likeness (QED) is 0.426. The van der Waals surface area contributed by atoms with Crippen LogP contribution >= 0.6 is 0 Å². The smallest absolute Gasteiger partial charge is 0.295 e. The van der Waals surface area contributed by atoms with Gasteiger partial charge in [0.1, 0.15) is 11.5 Å². The van der Waals surface area contributed by atoms with Crippen LogP contribution in [0.5, 0.6) is 5.75 Å². The lowest BCUT2D eigenvalue weighted by atomic mass is 9.95. The standard InChI is InChI=1S/C25H28N2O5/c1-17-3-5-19(6-4-17)23(28)21-22(18-7-9-20(31-2)10-8-18)27(25(30)24(21)29)12-11-26-13-15-32-16-14-26/h3-10,22,28H,11-16H2,1-2H3. The Kier molecular flexibility index (Phi) is 6.58. The van der Waals surface area contributed by atoms with E-state index in [2.05, 4.69) is 4.90 Å². The number of benzene rings is 2. The van der Waals surface area contributed by atoms with Crippen molar-refractivity contribution in [2.24, 2.45) is 0 Å². The molecule has 2 heterocycles. The van der Waals surface area contributed by atoms with Crippen molar-refractivity contribution >= 4 is 17.4 Å². The number of hydrogen-bond donors (Lipinski definition) is 1. The van der Waals surface area contributed by atoms with Crippen LogP contribution in [-0.4, -0.2) is 73.1 Å². The van der Waals surface area contributed by atoms with Gasteiger partial charge in [-0.05, 0) is 24.6 Å². The number of rotatable bonds is 6. The lowest BCUT2D eigenvalue weighted by Gasteiger charge is -2.31. The highest BCUT2D eigenvalue weighted by Gasteiger charge is 2.46. The van der Waals surface area contributed by atoms with E-state index < -0.39 is 17.7 Å². The Morgan fingerprint density at radius 1 is 1.03 bits per heavy atom. The molecule has 2 aromatic carbocycles. The summed E-state index contributed by atoms with van der Waals surface area (Å²) >= 11 is 0. The molecule has 2 aromatic rings. The van der Waals surface area contributed by atoms with Crippen molar-refractivity contribution in [1.29, 1.82) is 0 Å². The third-order valence-corrected chi connectivity index (χ3v) is 6.06. The van der Waals surface area contributed by atoms with Crippen LogP contribution in [0, 0.1) is 6.92 Å². The fourth-order valence-corrected chi connectivity index (χ4v) is 4.18. The summed E-state index contributed by atoms with van der Waals surface area (Å²) in [5, 5.41) is 11.1. The lowest BCUT2D eigenvalue weighted by Crippen LogP contribution is -2.42. The largest absolute Gasteiger partial charge is 0.507 e. The minimum atomic E-state index is -0.664. The van der Waals surface area contributed by atoms with Gasteiger partial charge in [0, 0.05) is 31.7 Å². The highest BCUT2D eigenvalue weighted by atomic mass is 16.5. The average molecular weight is 437 g/mol. The number of ether oxygens (including phenoxy) is 2. The van der Waals surface area contributed by atoms with Crippen LogP contribution in [0.1, 0.15) is 22.7 Å². The van der Waals surface area contributed by atoms with Gasteiger partial charge in [0.05, 0.1) is 31.9 Å². The maximum Gasteiger partial charge on any atom is 0.295 e. The Labute approximate surface area is 187 Å². The molecule has 0 saturated carbocycles. The van der Waals surface area contributed by atoms with E-state index in [4.69, 9.17) is 9.47 Å². The van der Waals surface area contributed by atoms with Gasteiger partial charge >= 0.3 is 0 Å². The van der Waals surface area contributed by atoms with Gasteiger partial charge in [0.15, 0.2) is 0 Å². The summed E-state index contributed by atoms with van der Waals surface area (Å²) in [5.74, 6) is -0.728. The average Bonchev–Trinajstić information content (AvgIpc) is 3.08. The molecular formula is C25H28N2O5. The molecule has 32 heavy (non-hydrogen) atoms. The molecule has 1 amide bonds. The molecule has 7 heteroatoms. The first-order chi connectivity index (χ1) is 15.5. The number of methoxy groups -OCH3 is 1. The molecule has 1 atom stereocenters. The third-order valence-electron chi connectivity index (χ3n) is 6.06. The number of aliphatic hydroxyl groups excluding tert-OH is 1. The fraction of sp³-hybridized carbons (Fsp3) is 0.360. The number of aliphatic hydroxyl groups is 1. The number of nitrogens with zero attached hydrogens (tertiary/aromatic N) is 2. The third kappa shape index (κ3) is 4.40. The Balaban J connectivity index is 1.72. The van der Waals surface area contributed by atoms with E-state index in [-0.39, 0.29) is 11.3 Å². The van der Waals surface area contributed by atoms with Gasteiger partial charge in [-0.3, -0.25) is 14.5 Å². The Morgan fingerprint density at radius 3 is 2.31 bits per heavy atom. The molecule has 2 aliphatic heterocycles. The molecule has 1 N–H and O–H groups in total. The Morgan fingerprint density at radius 2 is 1.69 bits per heavy atom. The summed E-state index contributed by atoms with van der Waals surface area (Å²) in [5.41, 5.74) is 2.42. The molecule has 0 spiro atoms. The van der Waals surface area contributed by atoms with Gasteiger partial charge in [-0.1, -0.05) is 42.0 Å². The van der Waals surface area contributed by atoms with Crippen LogP contribution in [0.25, 0.3) is 5.76 Å². The van der Waals surface area contributed by atoms with E-state index in [1.54, 1.807) is 36.3 Å². The maximum absolute atomic E-state index is 13.1. The van der Waals surface area contributed by atoms with Crippen molar-refractivity contribution in [2.45, 2.75) is 13.0 Å². The summed E-state index contributed by atoms with van der Waals surface area (Å²) in [7, 11) is 1.58. The van der Waals surface area contributed by atoms with Crippen molar-refractivity contribution in [1.82, 2.24) is 9.80 Å². The zero-order valence-electron chi connectivity index (χ0n) is 18.4. The molecule has 2 saturated heterocycles. The molecule has 1 unspecified atom stereocenters. The van der Waals surface area contributed by atoms with Crippen molar-refractivity contribution < 1.29 is 24.2 Å². The van der Waals surface area contributed by atoms with Crippen LogP contribution in [0.4, 0.5) is 0 Å². The molecule has 4 rings (SSSR count). The number of Topliss-reactive ketones (excluding diaryl/α,β-unsaturated/α-hetero) is 1. The Hall–Kier alpha value is -3.16. The van der Waals surface area contributed by atoms with Crippen molar-refractivity contribution in [3.63, 3.8) is 0 Å². The number of hydrogen-bond acceptors (Lipinski definition) is 6. The summed E-state index contributed by atoms with van der Waals surface area (Å²) in [4.78, 5) is 29.9. The highest BCUT2D eigenvalue weighted by molar-refractivity contribution is 6.46. The van der Waals surface area contributed by atoms with Gasteiger partial charge < -0.3 is 19.5 Å². The van der Waals surface area contributed by atoms with Crippen molar-refractivity contribution in [3.05, 3.63) is 70.8 Å². The van der Waals surface area contributed by atoms with Crippen LogP contribution in [0.15, 0.2) is 54.1 Å². The number of aryl methyl sites for hydroxylation is 1. The van der Waals surface area contributed by atoms with Gasteiger partial charge in [-0.15, -0.1) is 0 Å². The van der Waals surface area contributed by atoms with E-state index in [9.17, 15) is 14.7 Å². The topological polar surface area (TPSA) is 79.3 Å². The first-order valence-corrected chi connectivity index (χ1v) is 10.8. The maximum atomic E-state index is 13.1. The van der Waals surface area contributed by atoms with Gasteiger partial charge in [0.2, 0.25) is 0 Å². The van der Waals surface area contributed by atoms with Gasteiger partial charge in [-0.2, -0.15) is 0 Å². The molecule has 0 aromatic heterocycles. The van der Waals surface area contributed by atoms with Crippen molar-refractivity contribution in [3.8, 4) is 5.75 Å². The second-order valence-electron chi connectivity index (χ2n) is 8.09. The monoisotopic (exact) mass is 436 g/mol. The SMILES string of the molecule is COc1ccc(C2C(=C(O)c3ccc(C)cc3)C(=O)C(=O)N2CCN2CCOCC2)cc1. The second-order valence-corrected chi connectivity index (χ2v) is 8.09.